The molecule has 8 heavy (non-hydrogen) atoms. The van der Waals surface area contributed by atoms with Crippen LogP contribution >= 0.6 is 11.3 Å². The standard InChI is InChI=1S/C2H4N4OS/c7-6-5-2-4-3-1-8-2/h1H,6H2,(H,4,5). The molecule has 44 valence electrons. The van der Waals surface area contributed by atoms with Gasteiger partial charge in [0.15, 0.2) is 0 Å². The van der Waals surface area contributed by atoms with Gasteiger partial charge in [-0.25, -0.2) is 5.43 Å². The molecule has 5 nitrogen and oxygen atoms in total. The number of anilines is 1. The van der Waals surface area contributed by atoms with Gasteiger partial charge in [-0.3, -0.25) is 5.59 Å². The molecule has 0 atom stereocenters. The van der Waals surface area contributed by atoms with Gasteiger partial charge < -0.3 is 5.21 Å². The molecule has 0 bridgehead atoms. The first kappa shape index (κ1) is 5.42. The molecule has 1 aromatic rings. The lowest BCUT2D eigenvalue weighted by molar-refractivity contribution is -0.556. The summed E-state index contributed by atoms with van der Waals surface area (Å²) < 4.78 is 0. The summed E-state index contributed by atoms with van der Waals surface area (Å²) in [7, 11) is 0. The molecule has 0 aliphatic heterocycles. The molecule has 1 aromatic heterocycles. The van der Waals surface area contributed by atoms with Crippen LogP contribution in [0, 0.1) is 5.21 Å². The number of hydrogen-bond donors (Lipinski definition) is 2. The Morgan fingerprint density at radius 1 is 1.88 bits per heavy atom. The number of quaternary nitrogens is 1. The summed E-state index contributed by atoms with van der Waals surface area (Å²) in [6.45, 7) is 0. The van der Waals surface area contributed by atoms with Crippen molar-refractivity contribution in [2.45, 2.75) is 0 Å². The van der Waals surface area contributed by atoms with Crippen LogP contribution in [0.4, 0.5) is 5.13 Å². The summed E-state index contributed by atoms with van der Waals surface area (Å²) in [6.07, 6.45) is 0. The minimum absolute atomic E-state index is 0.528. The van der Waals surface area contributed by atoms with Gasteiger partial charge in [0.05, 0.1) is 0 Å². The fraction of sp³-hybridized carbons (Fsp3) is 0. The van der Waals surface area contributed by atoms with Gasteiger partial charge in [-0.05, 0) is 0 Å². The zero-order valence-corrected chi connectivity index (χ0v) is 4.68. The minimum Gasteiger partial charge on any atom is -0.609 e. The molecule has 0 aliphatic carbocycles. The van der Waals surface area contributed by atoms with E-state index in [-0.39, 0.29) is 0 Å². The molecule has 0 saturated carbocycles. The van der Waals surface area contributed by atoms with Crippen LogP contribution in [-0.4, -0.2) is 10.2 Å². The fourth-order valence-electron chi connectivity index (χ4n) is 0.286. The van der Waals surface area contributed by atoms with E-state index in [0.29, 0.717) is 10.7 Å². The van der Waals surface area contributed by atoms with Crippen LogP contribution in [0.1, 0.15) is 0 Å². The molecule has 0 amide bonds. The van der Waals surface area contributed by atoms with Crippen molar-refractivity contribution in [3.8, 4) is 0 Å². The van der Waals surface area contributed by atoms with Gasteiger partial charge in [-0.1, -0.05) is 11.3 Å². The number of rotatable bonds is 2. The summed E-state index contributed by atoms with van der Waals surface area (Å²) in [4.78, 5) is 0. The Bertz CT molecular complexity index is 140. The molecule has 0 unspecified atom stereocenters. The summed E-state index contributed by atoms with van der Waals surface area (Å²) in [5.41, 5.74) is 4.47. The van der Waals surface area contributed by atoms with Crippen LogP contribution in [0.2, 0.25) is 0 Å². The molecule has 0 saturated heterocycles. The van der Waals surface area contributed by atoms with Crippen molar-refractivity contribution in [3.63, 3.8) is 0 Å². The molecule has 0 aromatic carbocycles. The largest absolute Gasteiger partial charge is 0.609 e. The lowest BCUT2D eigenvalue weighted by atomic mass is 11.3. The van der Waals surface area contributed by atoms with Crippen LogP contribution < -0.4 is 11.0 Å². The SMILES string of the molecule is [O-][NH2+]Nc1nncs1. The maximum absolute atomic E-state index is 9.70. The molecule has 6 heteroatoms. The van der Waals surface area contributed by atoms with E-state index >= 15 is 0 Å². The first-order chi connectivity index (χ1) is 3.93. The third-order valence-electron chi connectivity index (χ3n) is 0.542. The number of hydrogen-bond acceptors (Lipinski definition) is 5. The molecule has 0 aliphatic rings. The molecule has 1 rings (SSSR count). The Hall–Kier alpha value is -0.720. The van der Waals surface area contributed by atoms with E-state index in [2.05, 4.69) is 15.6 Å². The topological polar surface area (TPSA) is 77.5 Å². The van der Waals surface area contributed by atoms with Crippen LogP contribution in [0.25, 0.3) is 0 Å². The zero-order chi connectivity index (χ0) is 5.82. The predicted octanol–water partition coefficient (Wildman–Crippen LogP) is -1.07. The zero-order valence-electron chi connectivity index (χ0n) is 3.87. The van der Waals surface area contributed by atoms with Gasteiger partial charge in [0.25, 0.3) is 5.13 Å². The molecule has 0 radical (unpaired) electrons. The Labute approximate surface area is 49.3 Å². The predicted molar refractivity (Wildman–Crippen MR) is 28.8 cm³/mol. The molecular weight excluding hydrogens is 128 g/mol. The normalized spacial score (nSPS) is 9.12. The fourth-order valence-corrected chi connectivity index (χ4v) is 0.691. The van der Waals surface area contributed by atoms with Gasteiger partial charge in [0, 0.05) is 0 Å². The number of nitrogen functional groups attached to an aromatic ring is 1. The second-order valence-electron chi connectivity index (χ2n) is 1.01. The van der Waals surface area contributed by atoms with Gasteiger partial charge in [0.1, 0.15) is 5.51 Å². The van der Waals surface area contributed by atoms with E-state index in [1.165, 1.54) is 11.3 Å². The quantitative estimate of drug-likeness (QED) is 0.396. The Kier molecular flexibility index (Phi) is 1.73. The van der Waals surface area contributed by atoms with E-state index in [0.717, 1.165) is 0 Å². The average molecular weight is 132 g/mol. The monoisotopic (exact) mass is 132 g/mol. The van der Waals surface area contributed by atoms with E-state index in [4.69, 9.17) is 0 Å². The van der Waals surface area contributed by atoms with Crippen molar-refractivity contribution in [2.75, 3.05) is 5.43 Å². The smallest absolute Gasteiger partial charge is 0.251 e. The van der Waals surface area contributed by atoms with Crippen LogP contribution in [0.5, 0.6) is 0 Å². The highest BCUT2D eigenvalue weighted by Gasteiger charge is 1.89. The highest BCUT2D eigenvalue weighted by atomic mass is 32.1. The van der Waals surface area contributed by atoms with Gasteiger partial charge in [-0.15, -0.1) is 10.2 Å². The third kappa shape index (κ3) is 1.12. The molecule has 0 fully saturated rings. The average Bonchev–Trinajstić information content (AvgIpc) is 2.19. The van der Waals surface area contributed by atoms with Crippen molar-refractivity contribution in [1.29, 1.82) is 0 Å². The van der Waals surface area contributed by atoms with E-state index in [9.17, 15) is 5.21 Å². The minimum atomic E-state index is 0.528. The van der Waals surface area contributed by atoms with E-state index in [1.54, 1.807) is 5.51 Å². The molecule has 3 N–H and O–H groups in total. The summed E-state index contributed by atoms with van der Waals surface area (Å²) in [5, 5.41) is 17.2. The maximum Gasteiger partial charge on any atom is 0.251 e. The van der Waals surface area contributed by atoms with Crippen molar-refractivity contribution in [2.24, 2.45) is 0 Å². The van der Waals surface area contributed by atoms with Crippen molar-refractivity contribution < 1.29 is 5.59 Å². The van der Waals surface area contributed by atoms with Gasteiger partial charge in [0.2, 0.25) is 0 Å². The summed E-state index contributed by atoms with van der Waals surface area (Å²) >= 11 is 1.28. The second kappa shape index (κ2) is 2.55. The van der Waals surface area contributed by atoms with Crippen LogP contribution in [0.3, 0.4) is 0 Å². The highest BCUT2D eigenvalue weighted by Crippen LogP contribution is 2.03. The van der Waals surface area contributed by atoms with Crippen molar-refractivity contribution in [1.82, 2.24) is 10.2 Å². The van der Waals surface area contributed by atoms with Crippen molar-refractivity contribution >= 4 is 16.5 Å². The molecule has 1 heterocycles. The third-order valence-corrected chi connectivity index (χ3v) is 1.16. The first-order valence-electron chi connectivity index (χ1n) is 1.90. The summed E-state index contributed by atoms with van der Waals surface area (Å²) in [5.74, 6) is 0. The number of aromatic nitrogens is 2. The Morgan fingerprint density at radius 3 is 3.25 bits per heavy atom. The molecule has 0 spiro atoms. The highest BCUT2D eigenvalue weighted by molar-refractivity contribution is 7.13. The van der Waals surface area contributed by atoms with Crippen LogP contribution in [0.15, 0.2) is 5.51 Å². The number of nitrogens with two attached hydrogens (primary N) is 1. The lowest BCUT2D eigenvalue weighted by Gasteiger charge is -1.97. The summed E-state index contributed by atoms with van der Waals surface area (Å²) in [6, 6.07) is 0. The second-order valence-corrected chi connectivity index (χ2v) is 1.84. The number of nitrogens with zero attached hydrogens (tertiary/aromatic N) is 2. The van der Waals surface area contributed by atoms with Crippen LogP contribution in [-0.2, 0) is 0 Å². The lowest BCUT2D eigenvalue weighted by Crippen LogP contribution is -2.82. The Morgan fingerprint density at radius 2 is 2.75 bits per heavy atom. The van der Waals surface area contributed by atoms with Gasteiger partial charge >= 0.3 is 0 Å². The maximum atomic E-state index is 9.70. The Balaban J connectivity index is 2.50. The van der Waals surface area contributed by atoms with E-state index < -0.39 is 0 Å². The van der Waals surface area contributed by atoms with Crippen molar-refractivity contribution in [3.05, 3.63) is 10.7 Å². The van der Waals surface area contributed by atoms with E-state index in [1.807, 2.05) is 0 Å². The number of nitrogens with one attached hydrogen (secondary N) is 1. The van der Waals surface area contributed by atoms with Gasteiger partial charge in [-0.2, -0.15) is 0 Å². The molecular formula is C2H4N4OS. The first-order valence-corrected chi connectivity index (χ1v) is 2.78.